The number of nitrogens with zero attached hydrogens (tertiary/aromatic N) is 1. The highest BCUT2D eigenvalue weighted by Gasteiger charge is 2.10. The fourth-order valence-electron chi connectivity index (χ4n) is 4.13. The molecule has 2 heterocycles. The normalized spacial score (nSPS) is 11.0. The van der Waals surface area contributed by atoms with E-state index in [1.807, 2.05) is 18.2 Å². The summed E-state index contributed by atoms with van der Waals surface area (Å²) in [7, 11) is 0. The van der Waals surface area contributed by atoms with Crippen molar-refractivity contribution in [3.05, 3.63) is 101 Å². The molecule has 176 valence electrons. The molecule has 0 atom stereocenters. The smallest absolute Gasteiger partial charge is 0.213 e. The molecular formula is C30H33NO2S. The minimum atomic E-state index is 0.532. The van der Waals surface area contributed by atoms with Crippen molar-refractivity contribution in [1.29, 1.82) is 0 Å². The van der Waals surface area contributed by atoms with Crippen LogP contribution in [0.1, 0.15) is 61.5 Å². The molecule has 4 aromatic rings. The molecule has 3 nitrogen and oxygen atoms in total. The molecular weight excluding hydrogens is 438 g/mol. The van der Waals surface area contributed by atoms with Crippen LogP contribution in [0, 0.1) is 0 Å². The van der Waals surface area contributed by atoms with Gasteiger partial charge in [-0.15, -0.1) is 11.3 Å². The van der Waals surface area contributed by atoms with E-state index in [9.17, 15) is 0 Å². The van der Waals surface area contributed by atoms with Gasteiger partial charge in [0.15, 0.2) is 0 Å². The number of thiophene rings is 1. The predicted molar refractivity (Wildman–Crippen MR) is 142 cm³/mol. The summed E-state index contributed by atoms with van der Waals surface area (Å²) in [5.74, 6) is 2.24. The Hall–Kier alpha value is -3.11. The van der Waals surface area contributed by atoms with Gasteiger partial charge in [-0.2, -0.15) is 0 Å². The largest absolute Gasteiger partial charge is 0.489 e. The average Bonchev–Trinajstić information content (AvgIpc) is 3.37. The quantitative estimate of drug-likeness (QED) is 0.207. The Bertz CT molecular complexity index is 1110. The van der Waals surface area contributed by atoms with E-state index in [0.29, 0.717) is 25.0 Å². The number of benzene rings is 2. The molecule has 0 saturated carbocycles. The highest BCUT2D eigenvalue weighted by atomic mass is 32.1. The second-order valence-corrected chi connectivity index (χ2v) is 9.72. The Kier molecular flexibility index (Phi) is 8.75. The van der Waals surface area contributed by atoms with Crippen LogP contribution in [0.2, 0.25) is 0 Å². The van der Waals surface area contributed by atoms with Crippen molar-refractivity contribution in [3.8, 4) is 22.1 Å². The van der Waals surface area contributed by atoms with E-state index in [-0.39, 0.29) is 0 Å². The molecule has 4 heteroatoms. The summed E-state index contributed by atoms with van der Waals surface area (Å²) in [6, 6.07) is 27.3. The first-order valence-corrected chi connectivity index (χ1v) is 13.0. The van der Waals surface area contributed by atoms with Crippen molar-refractivity contribution < 1.29 is 9.47 Å². The van der Waals surface area contributed by atoms with Crippen LogP contribution < -0.4 is 9.47 Å². The van der Waals surface area contributed by atoms with Crippen molar-refractivity contribution in [2.24, 2.45) is 0 Å². The van der Waals surface area contributed by atoms with Crippen LogP contribution >= 0.6 is 11.3 Å². The van der Waals surface area contributed by atoms with Crippen molar-refractivity contribution in [3.63, 3.8) is 0 Å². The summed E-state index contributed by atoms with van der Waals surface area (Å²) in [4.78, 5) is 6.62. The SMILES string of the molecule is CCCC(CCC)c1ccc(OCc2ccc(-c3ccc(COc4ccccn4)s3)cc2)cc1. The second kappa shape index (κ2) is 12.4. The zero-order chi connectivity index (χ0) is 23.6. The maximum atomic E-state index is 6.05. The van der Waals surface area contributed by atoms with Crippen LogP contribution in [0.5, 0.6) is 11.6 Å². The lowest BCUT2D eigenvalue weighted by Crippen LogP contribution is -1.99. The zero-order valence-electron chi connectivity index (χ0n) is 20.1. The van der Waals surface area contributed by atoms with Gasteiger partial charge in [0.1, 0.15) is 19.0 Å². The molecule has 0 fully saturated rings. The molecule has 2 aromatic heterocycles. The van der Waals surface area contributed by atoms with Crippen LogP contribution in [0.25, 0.3) is 10.4 Å². The molecule has 4 rings (SSSR count). The molecule has 0 amide bonds. The molecule has 0 aliphatic heterocycles. The zero-order valence-corrected chi connectivity index (χ0v) is 20.9. The average molecular weight is 472 g/mol. The number of pyridine rings is 1. The number of hydrogen-bond acceptors (Lipinski definition) is 4. The lowest BCUT2D eigenvalue weighted by Gasteiger charge is -2.16. The summed E-state index contributed by atoms with van der Waals surface area (Å²) < 4.78 is 11.8. The minimum Gasteiger partial charge on any atom is -0.489 e. The van der Waals surface area contributed by atoms with Gasteiger partial charge in [0.2, 0.25) is 5.88 Å². The molecule has 0 N–H and O–H groups in total. The first-order valence-electron chi connectivity index (χ1n) is 12.2. The molecule has 0 unspecified atom stereocenters. The first-order chi connectivity index (χ1) is 16.7. The van der Waals surface area contributed by atoms with E-state index in [0.717, 1.165) is 11.3 Å². The highest BCUT2D eigenvalue weighted by Crippen LogP contribution is 2.30. The van der Waals surface area contributed by atoms with Gasteiger partial charge in [-0.3, -0.25) is 0 Å². The van der Waals surface area contributed by atoms with Crippen LogP contribution in [-0.4, -0.2) is 4.98 Å². The highest BCUT2D eigenvalue weighted by molar-refractivity contribution is 7.15. The fourth-order valence-corrected chi connectivity index (χ4v) is 5.06. The lowest BCUT2D eigenvalue weighted by molar-refractivity contribution is 0.297. The molecule has 0 aliphatic rings. The maximum Gasteiger partial charge on any atom is 0.213 e. The maximum absolute atomic E-state index is 6.05. The second-order valence-electron chi connectivity index (χ2n) is 8.55. The Balaban J connectivity index is 1.30. The standard InChI is InChI=1S/C30H33NO2S/c1-3-7-24(8-4-2)25-14-16-27(17-15-25)32-21-23-10-12-26(13-11-23)29-19-18-28(34-29)22-33-30-9-5-6-20-31-30/h5-6,9-20,24H,3-4,7-8,21-22H2,1-2H3. The van der Waals surface area contributed by atoms with Gasteiger partial charge in [0.05, 0.1) is 0 Å². The number of ether oxygens (including phenoxy) is 2. The van der Waals surface area contributed by atoms with Gasteiger partial charge in [-0.1, -0.05) is 69.2 Å². The summed E-state index contributed by atoms with van der Waals surface area (Å²) in [5, 5.41) is 0. The van der Waals surface area contributed by atoms with Crippen LogP contribution in [0.4, 0.5) is 0 Å². The molecule has 0 bridgehead atoms. The third kappa shape index (κ3) is 6.71. The fraction of sp³-hybridized carbons (Fsp3) is 0.300. The Morgan fingerprint density at radius 2 is 1.53 bits per heavy atom. The van der Waals surface area contributed by atoms with Gasteiger partial charge in [0.25, 0.3) is 0 Å². The molecule has 34 heavy (non-hydrogen) atoms. The number of aromatic nitrogens is 1. The molecule has 0 saturated heterocycles. The summed E-state index contributed by atoms with van der Waals surface area (Å²) in [6.07, 6.45) is 6.70. The van der Waals surface area contributed by atoms with E-state index in [1.54, 1.807) is 17.5 Å². The topological polar surface area (TPSA) is 31.4 Å². The van der Waals surface area contributed by atoms with E-state index in [1.165, 1.54) is 46.6 Å². The summed E-state index contributed by atoms with van der Waals surface area (Å²) >= 11 is 1.75. The van der Waals surface area contributed by atoms with E-state index >= 15 is 0 Å². The van der Waals surface area contributed by atoms with Crippen molar-refractivity contribution in [2.75, 3.05) is 0 Å². The van der Waals surface area contributed by atoms with Crippen LogP contribution in [-0.2, 0) is 13.2 Å². The van der Waals surface area contributed by atoms with Gasteiger partial charge in [-0.25, -0.2) is 4.98 Å². The molecule has 0 aliphatic carbocycles. The summed E-state index contributed by atoms with van der Waals surface area (Å²) in [5.41, 5.74) is 3.80. The van der Waals surface area contributed by atoms with Crippen molar-refractivity contribution >= 4 is 11.3 Å². The van der Waals surface area contributed by atoms with Crippen LogP contribution in [0.15, 0.2) is 85.1 Å². The van der Waals surface area contributed by atoms with Crippen molar-refractivity contribution in [2.45, 2.75) is 58.7 Å². The Morgan fingerprint density at radius 3 is 2.21 bits per heavy atom. The summed E-state index contributed by atoms with van der Waals surface area (Å²) in [6.45, 7) is 5.63. The van der Waals surface area contributed by atoms with E-state index in [2.05, 4.69) is 79.5 Å². The monoisotopic (exact) mass is 471 g/mol. The predicted octanol–water partition coefficient (Wildman–Crippen LogP) is 8.65. The molecule has 0 spiro atoms. The third-order valence-electron chi connectivity index (χ3n) is 5.93. The Labute approximate surface area is 207 Å². The van der Waals surface area contributed by atoms with Crippen molar-refractivity contribution in [1.82, 2.24) is 4.98 Å². The van der Waals surface area contributed by atoms with Gasteiger partial charge >= 0.3 is 0 Å². The molecule has 0 radical (unpaired) electrons. The molecule has 2 aromatic carbocycles. The van der Waals surface area contributed by atoms with Gasteiger partial charge < -0.3 is 9.47 Å². The van der Waals surface area contributed by atoms with Crippen LogP contribution in [0.3, 0.4) is 0 Å². The number of hydrogen-bond donors (Lipinski definition) is 0. The van der Waals surface area contributed by atoms with Gasteiger partial charge in [0, 0.05) is 22.0 Å². The van der Waals surface area contributed by atoms with Gasteiger partial charge in [-0.05, 0) is 65.8 Å². The van der Waals surface area contributed by atoms with E-state index < -0.39 is 0 Å². The third-order valence-corrected chi connectivity index (χ3v) is 7.04. The van der Waals surface area contributed by atoms with E-state index in [4.69, 9.17) is 9.47 Å². The lowest BCUT2D eigenvalue weighted by atomic mass is 9.90. The minimum absolute atomic E-state index is 0.532. The Morgan fingerprint density at radius 1 is 0.765 bits per heavy atom. The first kappa shape index (κ1) is 24.0. The number of rotatable bonds is 12.